The highest BCUT2D eigenvalue weighted by molar-refractivity contribution is 7.89. The second-order valence-corrected chi connectivity index (χ2v) is 10.4. The number of sulfonamides is 1. The third-order valence-corrected chi connectivity index (χ3v) is 7.20. The van der Waals surface area contributed by atoms with Gasteiger partial charge in [0.15, 0.2) is 0 Å². The predicted octanol–water partition coefficient (Wildman–Crippen LogP) is 3.94. The van der Waals surface area contributed by atoms with Crippen LogP contribution in [-0.2, 0) is 21.4 Å². The standard InChI is InChI=1S/C23H25N3O5S2/c1-16-24-18(15-32-16)14-31-19-8-5-17(6-9-19)7-12-23(27)25-21-13-20(10-11-22(21)30-4)33(28,29)26(2)3/h5-13,15H,14H2,1-4H3,(H,25,27)/b12-7+. The number of hydrogen-bond donors (Lipinski definition) is 1. The number of nitrogens with zero attached hydrogens (tertiary/aromatic N) is 2. The minimum Gasteiger partial charge on any atom is -0.495 e. The number of carbonyl (C=O) groups excluding carboxylic acids is 1. The molecule has 1 N–H and O–H groups in total. The molecule has 1 heterocycles. The highest BCUT2D eigenvalue weighted by atomic mass is 32.2. The highest BCUT2D eigenvalue weighted by Gasteiger charge is 2.19. The number of rotatable bonds is 9. The summed E-state index contributed by atoms with van der Waals surface area (Å²) in [5.74, 6) is 0.629. The Labute approximate surface area is 197 Å². The topological polar surface area (TPSA) is 97.8 Å². The predicted molar refractivity (Wildman–Crippen MR) is 129 cm³/mol. The average Bonchev–Trinajstić information content (AvgIpc) is 3.22. The molecule has 3 aromatic rings. The first-order valence-electron chi connectivity index (χ1n) is 9.92. The van der Waals surface area contributed by atoms with E-state index in [9.17, 15) is 13.2 Å². The van der Waals surface area contributed by atoms with Crippen molar-refractivity contribution in [3.8, 4) is 11.5 Å². The zero-order valence-corrected chi connectivity index (χ0v) is 20.4. The number of methoxy groups -OCH3 is 1. The molecule has 33 heavy (non-hydrogen) atoms. The van der Waals surface area contributed by atoms with E-state index in [1.54, 1.807) is 17.4 Å². The minimum absolute atomic E-state index is 0.0518. The smallest absolute Gasteiger partial charge is 0.248 e. The first-order valence-corrected chi connectivity index (χ1v) is 12.2. The van der Waals surface area contributed by atoms with Crippen molar-refractivity contribution in [1.82, 2.24) is 9.29 Å². The van der Waals surface area contributed by atoms with E-state index in [2.05, 4.69) is 10.3 Å². The molecule has 0 radical (unpaired) electrons. The van der Waals surface area contributed by atoms with Crippen molar-refractivity contribution in [2.45, 2.75) is 18.4 Å². The Kier molecular flexibility index (Phi) is 7.85. The Hall–Kier alpha value is -3.21. The van der Waals surface area contributed by atoms with E-state index < -0.39 is 15.9 Å². The van der Waals surface area contributed by atoms with Crippen LogP contribution < -0.4 is 14.8 Å². The van der Waals surface area contributed by atoms with Crippen molar-refractivity contribution in [1.29, 1.82) is 0 Å². The molecule has 0 aliphatic rings. The van der Waals surface area contributed by atoms with E-state index in [1.165, 1.54) is 45.5 Å². The molecule has 0 saturated carbocycles. The van der Waals surface area contributed by atoms with Gasteiger partial charge in [0.05, 0.1) is 28.4 Å². The van der Waals surface area contributed by atoms with Gasteiger partial charge >= 0.3 is 0 Å². The molecule has 0 spiro atoms. The number of benzene rings is 2. The average molecular weight is 488 g/mol. The van der Waals surface area contributed by atoms with E-state index in [-0.39, 0.29) is 10.6 Å². The van der Waals surface area contributed by atoms with Crippen molar-refractivity contribution in [2.24, 2.45) is 0 Å². The van der Waals surface area contributed by atoms with Crippen molar-refractivity contribution < 1.29 is 22.7 Å². The van der Waals surface area contributed by atoms with Crippen molar-refractivity contribution >= 4 is 39.0 Å². The molecule has 3 rings (SSSR count). The first-order chi connectivity index (χ1) is 15.7. The Bertz CT molecular complexity index is 1250. The normalized spacial score (nSPS) is 11.7. The highest BCUT2D eigenvalue weighted by Crippen LogP contribution is 2.28. The molecule has 0 bridgehead atoms. The summed E-state index contributed by atoms with van der Waals surface area (Å²) in [4.78, 5) is 16.8. The third kappa shape index (κ3) is 6.41. The zero-order chi connectivity index (χ0) is 24.0. The second kappa shape index (κ2) is 10.6. The maximum atomic E-state index is 12.4. The van der Waals surface area contributed by atoms with Gasteiger partial charge in [0.2, 0.25) is 15.9 Å². The summed E-state index contributed by atoms with van der Waals surface area (Å²) in [5, 5.41) is 5.63. The van der Waals surface area contributed by atoms with Gasteiger partial charge in [0, 0.05) is 25.6 Å². The molecular formula is C23H25N3O5S2. The lowest BCUT2D eigenvalue weighted by Crippen LogP contribution is -2.22. The van der Waals surface area contributed by atoms with Gasteiger partial charge in [-0.1, -0.05) is 12.1 Å². The van der Waals surface area contributed by atoms with Crippen LogP contribution in [0, 0.1) is 6.92 Å². The lowest BCUT2D eigenvalue weighted by Gasteiger charge is -2.14. The molecule has 0 atom stereocenters. The maximum absolute atomic E-state index is 12.4. The molecule has 10 heteroatoms. The molecule has 0 unspecified atom stereocenters. The molecule has 174 valence electrons. The van der Waals surface area contributed by atoms with Crippen LogP contribution in [0.4, 0.5) is 5.69 Å². The molecule has 0 saturated heterocycles. The second-order valence-electron chi connectivity index (χ2n) is 7.19. The van der Waals surface area contributed by atoms with Crippen LogP contribution in [0.1, 0.15) is 16.3 Å². The van der Waals surface area contributed by atoms with Gasteiger partial charge in [0.1, 0.15) is 18.1 Å². The minimum atomic E-state index is -3.65. The van der Waals surface area contributed by atoms with Gasteiger partial charge in [-0.3, -0.25) is 4.79 Å². The van der Waals surface area contributed by atoms with E-state index in [0.717, 1.165) is 20.6 Å². The number of ether oxygens (including phenoxy) is 2. The molecule has 1 aromatic heterocycles. The number of nitrogens with one attached hydrogen (secondary N) is 1. The molecular weight excluding hydrogens is 462 g/mol. The SMILES string of the molecule is COc1ccc(S(=O)(=O)N(C)C)cc1NC(=O)/C=C/c1ccc(OCc2csc(C)n2)cc1. The van der Waals surface area contributed by atoms with Crippen LogP contribution in [0.3, 0.4) is 0 Å². The van der Waals surface area contributed by atoms with Gasteiger partial charge < -0.3 is 14.8 Å². The summed E-state index contributed by atoms with van der Waals surface area (Å²) in [7, 11) is 0.679. The van der Waals surface area contributed by atoms with E-state index in [1.807, 2.05) is 36.6 Å². The number of carbonyl (C=O) groups is 1. The third-order valence-electron chi connectivity index (χ3n) is 4.57. The molecule has 1 amide bonds. The number of anilines is 1. The number of aryl methyl sites for hydroxylation is 1. The van der Waals surface area contributed by atoms with Gasteiger partial charge in [-0.05, 0) is 48.9 Å². The number of aromatic nitrogens is 1. The van der Waals surface area contributed by atoms with E-state index in [0.29, 0.717) is 18.1 Å². The zero-order valence-electron chi connectivity index (χ0n) is 18.7. The Morgan fingerprint density at radius 3 is 2.52 bits per heavy atom. The van der Waals surface area contributed by atoms with Crippen LogP contribution in [-0.4, -0.2) is 44.8 Å². The number of hydrogen-bond acceptors (Lipinski definition) is 7. The van der Waals surface area contributed by atoms with Crippen LogP contribution in [0.15, 0.2) is 58.8 Å². The van der Waals surface area contributed by atoms with E-state index >= 15 is 0 Å². The van der Waals surface area contributed by atoms with Gasteiger partial charge in [0.25, 0.3) is 0 Å². The molecule has 2 aromatic carbocycles. The molecule has 0 fully saturated rings. The fourth-order valence-electron chi connectivity index (χ4n) is 2.81. The lowest BCUT2D eigenvalue weighted by molar-refractivity contribution is -0.111. The first kappa shape index (κ1) is 24.4. The van der Waals surface area contributed by atoms with Crippen LogP contribution in [0.2, 0.25) is 0 Å². The summed E-state index contributed by atoms with van der Waals surface area (Å²) in [6, 6.07) is 11.6. The molecule has 0 aliphatic heterocycles. The van der Waals surface area contributed by atoms with Gasteiger partial charge in [-0.25, -0.2) is 17.7 Å². The Balaban J connectivity index is 1.64. The quantitative estimate of drug-likeness (QED) is 0.459. The monoisotopic (exact) mass is 487 g/mol. The maximum Gasteiger partial charge on any atom is 0.248 e. The summed E-state index contributed by atoms with van der Waals surface area (Å²) >= 11 is 1.58. The Morgan fingerprint density at radius 1 is 1.18 bits per heavy atom. The number of amides is 1. The molecule has 0 aliphatic carbocycles. The number of thiazole rings is 1. The van der Waals surface area contributed by atoms with Crippen molar-refractivity contribution in [2.75, 3.05) is 26.5 Å². The van der Waals surface area contributed by atoms with Gasteiger partial charge in [-0.2, -0.15) is 0 Å². The fraction of sp³-hybridized carbons (Fsp3) is 0.217. The fourth-order valence-corrected chi connectivity index (χ4v) is 4.34. The summed E-state index contributed by atoms with van der Waals surface area (Å²) in [6.45, 7) is 2.34. The lowest BCUT2D eigenvalue weighted by atomic mass is 10.2. The van der Waals surface area contributed by atoms with E-state index in [4.69, 9.17) is 9.47 Å². The van der Waals surface area contributed by atoms with Crippen molar-refractivity contribution in [3.05, 3.63) is 70.2 Å². The van der Waals surface area contributed by atoms with Crippen LogP contribution in [0.5, 0.6) is 11.5 Å². The summed E-state index contributed by atoms with van der Waals surface area (Å²) in [6.07, 6.45) is 3.01. The largest absolute Gasteiger partial charge is 0.495 e. The van der Waals surface area contributed by atoms with Crippen LogP contribution >= 0.6 is 11.3 Å². The molecule has 8 nitrogen and oxygen atoms in total. The van der Waals surface area contributed by atoms with Crippen molar-refractivity contribution in [3.63, 3.8) is 0 Å². The summed E-state index contributed by atoms with van der Waals surface area (Å²) < 4.78 is 36.8. The Morgan fingerprint density at radius 2 is 1.91 bits per heavy atom. The van der Waals surface area contributed by atoms with Crippen LogP contribution in [0.25, 0.3) is 6.08 Å². The summed E-state index contributed by atoms with van der Waals surface area (Å²) in [5.41, 5.74) is 1.95. The van der Waals surface area contributed by atoms with Gasteiger partial charge in [-0.15, -0.1) is 11.3 Å².